The molecule has 124 valence electrons. The predicted octanol–water partition coefficient (Wildman–Crippen LogP) is 1.73. The van der Waals surface area contributed by atoms with Crippen LogP contribution in [0.2, 0.25) is 0 Å². The standard InChI is InChI=1S/C16H21N5O.ClH/c1-11-3-5-13(6-4-11)21-10-15(19-20-21)16(22)18-14-7-8-17-9-12(14)2;/h3-6,10,12,14,17H,7-9H2,1-2H3,(H,18,22);1H. The van der Waals surface area contributed by atoms with Crippen LogP contribution in [0.4, 0.5) is 0 Å². The van der Waals surface area contributed by atoms with Crippen molar-refractivity contribution in [2.45, 2.75) is 26.3 Å². The van der Waals surface area contributed by atoms with Crippen LogP contribution in [-0.4, -0.2) is 40.0 Å². The highest BCUT2D eigenvalue weighted by Crippen LogP contribution is 2.12. The number of aromatic nitrogens is 3. The molecule has 1 aliphatic rings. The molecule has 2 atom stereocenters. The maximum absolute atomic E-state index is 12.3. The number of halogens is 1. The number of nitrogens with one attached hydrogen (secondary N) is 2. The summed E-state index contributed by atoms with van der Waals surface area (Å²) >= 11 is 0. The third-order valence-electron chi connectivity index (χ3n) is 4.13. The number of hydrogen-bond acceptors (Lipinski definition) is 4. The summed E-state index contributed by atoms with van der Waals surface area (Å²) in [5.41, 5.74) is 2.43. The Hall–Kier alpha value is -1.92. The Morgan fingerprint density at radius 1 is 1.35 bits per heavy atom. The Bertz CT molecular complexity index is 655. The monoisotopic (exact) mass is 335 g/mol. The van der Waals surface area contributed by atoms with E-state index in [0.717, 1.165) is 25.2 Å². The van der Waals surface area contributed by atoms with Crippen molar-refractivity contribution in [1.29, 1.82) is 0 Å². The smallest absolute Gasteiger partial charge is 0.273 e. The fourth-order valence-corrected chi connectivity index (χ4v) is 2.66. The molecule has 0 spiro atoms. The van der Waals surface area contributed by atoms with Gasteiger partial charge in [0.05, 0.1) is 11.9 Å². The molecule has 1 amide bonds. The summed E-state index contributed by atoms with van der Waals surface area (Å²) in [5, 5.41) is 14.4. The average Bonchev–Trinajstić information content (AvgIpc) is 3.00. The van der Waals surface area contributed by atoms with E-state index in [1.165, 1.54) is 5.56 Å². The zero-order valence-corrected chi connectivity index (χ0v) is 14.1. The van der Waals surface area contributed by atoms with Gasteiger partial charge in [-0.15, -0.1) is 17.5 Å². The quantitative estimate of drug-likeness (QED) is 0.896. The second-order valence-electron chi connectivity index (χ2n) is 5.93. The lowest BCUT2D eigenvalue weighted by atomic mass is 9.95. The number of aryl methyl sites for hydroxylation is 1. The summed E-state index contributed by atoms with van der Waals surface area (Å²) in [5.74, 6) is 0.266. The molecule has 1 aromatic heterocycles. The summed E-state index contributed by atoms with van der Waals surface area (Å²) in [4.78, 5) is 12.3. The van der Waals surface area contributed by atoms with Crippen LogP contribution in [0.3, 0.4) is 0 Å². The number of carbonyl (C=O) groups is 1. The molecule has 6 nitrogen and oxygen atoms in total. The van der Waals surface area contributed by atoms with E-state index in [1.807, 2.05) is 31.2 Å². The number of benzene rings is 1. The molecular weight excluding hydrogens is 314 g/mol. The molecule has 0 saturated carbocycles. The number of hydrogen-bond donors (Lipinski definition) is 2. The minimum absolute atomic E-state index is 0. The number of piperidine rings is 1. The van der Waals surface area contributed by atoms with Gasteiger partial charge in [0.25, 0.3) is 5.91 Å². The van der Waals surface area contributed by atoms with Gasteiger partial charge in [0.1, 0.15) is 0 Å². The molecule has 1 aromatic carbocycles. The van der Waals surface area contributed by atoms with Gasteiger partial charge >= 0.3 is 0 Å². The van der Waals surface area contributed by atoms with Crippen molar-refractivity contribution in [3.63, 3.8) is 0 Å². The molecule has 1 fully saturated rings. The molecule has 1 aliphatic heterocycles. The Balaban J connectivity index is 0.00000192. The first-order chi connectivity index (χ1) is 10.6. The van der Waals surface area contributed by atoms with Crippen molar-refractivity contribution in [2.24, 2.45) is 5.92 Å². The normalized spacial score (nSPS) is 20.6. The highest BCUT2D eigenvalue weighted by atomic mass is 35.5. The van der Waals surface area contributed by atoms with Crippen molar-refractivity contribution in [2.75, 3.05) is 13.1 Å². The fraction of sp³-hybridized carbons (Fsp3) is 0.438. The predicted molar refractivity (Wildman–Crippen MR) is 91.2 cm³/mol. The van der Waals surface area contributed by atoms with E-state index in [9.17, 15) is 4.79 Å². The molecule has 7 heteroatoms. The van der Waals surface area contributed by atoms with Gasteiger partial charge in [-0.05, 0) is 44.5 Å². The lowest BCUT2D eigenvalue weighted by molar-refractivity contribution is 0.0909. The number of amides is 1. The largest absolute Gasteiger partial charge is 0.347 e. The molecule has 0 radical (unpaired) electrons. The highest BCUT2D eigenvalue weighted by molar-refractivity contribution is 5.92. The van der Waals surface area contributed by atoms with Crippen molar-refractivity contribution in [1.82, 2.24) is 25.6 Å². The zero-order chi connectivity index (χ0) is 15.5. The summed E-state index contributed by atoms with van der Waals surface area (Å²) in [7, 11) is 0. The Labute approximate surface area is 142 Å². The minimum atomic E-state index is -0.155. The fourth-order valence-electron chi connectivity index (χ4n) is 2.66. The topological polar surface area (TPSA) is 71.8 Å². The van der Waals surface area contributed by atoms with Gasteiger partial charge in [-0.25, -0.2) is 4.68 Å². The maximum Gasteiger partial charge on any atom is 0.273 e. The molecule has 23 heavy (non-hydrogen) atoms. The molecule has 2 aromatic rings. The van der Waals surface area contributed by atoms with Crippen LogP contribution >= 0.6 is 12.4 Å². The van der Waals surface area contributed by atoms with Crippen molar-refractivity contribution in [3.05, 3.63) is 41.7 Å². The Morgan fingerprint density at radius 3 is 2.78 bits per heavy atom. The second kappa shape index (κ2) is 7.57. The summed E-state index contributed by atoms with van der Waals surface area (Å²) < 4.78 is 1.63. The van der Waals surface area contributed by atoms with Crippen molar-refractivity contribution < 1.29 is 4.79 Å². The molecule has 2 unspecified atom stereocenters. The highest BCUT2D eigenvalue weighted by Gasteiger charge is 2.24. The molecular formula is C16H22ClN5O. The molecule has 3 rings (SSSR count). The zero-order valence-electron chi connectivity index (χ0n) is 13.3. The molecule has 0 bridgehead atoms. The minimum Gasteiger partial charge on any atom is -0.347 e. The summed E-state index contributed by atoms with van der Waals surface area (Å²) in [6.07, 6.45) is 2.62. The summed E-state index contributed by atoms with van der Waals surface area (Å²) in [6, 6.07) is 8.13. The first-order valence-electron chi connectivity index (χ1n) is 7.64. The molecule has 1 saturated heterocycles. The van der Waals surface area contributed by atoms with E-state index < -0.39 is 0 Å². The molecule has 2 N–H and O–H groups in total. The third kappa shape index (κ3) is 4.09. The van der Waals surface area contributed by atoms with E-state index in [2.05, 4.69) is 27.9 Å². The lowest BCUT2D eigenvalue weighted by Gasteiger charge is -2.29. The molecule has 2 heterocycles. The van der Waals surface area contributed by atoms with Gasteiger partial charge < -0.3 is 10.6 Å². The second-order valence-corrected chi connectivity index (χ2v) is 5.93. The lowest BCUT2D eigenvalue weighted by Crippen LogP contribution is -2.48. The van der Waals surface area contributed by atoms with Gasteiger partial charge in [0.15, 0.2) is 5.69 Å². The van der Waals surface area contributed by atoms with E-state index in [0.29, 0.717) is 11.6 Å². The van der Waals surface area contributed by atoms with Gasteiger partial charge in [0.2, 0.25) is 0 Å². The number of nitrogens with zero attached hydrogens (tertiary/aromatic N) is 3. The molecule has 0 aliphatic carbocycles. The average molecular weight is 336 g/mol. The van der Waals surface area contributed by atoms with Crippen LogP contribution in [-0.2, 0) is 0 Å². The van der Waals surface area contributed by atoms with E-state index in [4.69, 9.17) is 0 Å². The van der Waals surface area contributed by atoms with E-state index in [1.54, 1.807) is 10.9 Å². The first-order valence-corrected chi connectivity index (χ1v) is 7.64. The van der Waals surface area contributed by atoms with Crippen molar-refractivity contribution in [3.8, 4) is 5.69 Å². The van der Waals surface area contributed by atoms with Crippen LogP contribution in [0.1, 0.15) is 29.4 Å². The van der Waals surface area contributed by atoms with Crippen LogP contribution in [0.5, 0.6) is 0 Å². The third-order valence-corrected chi connectivity index (χ3v) is 4.13. The Kier molecular flexibility index (Phi) is 5.74. The van der Waals surface area contributed by atoms with Crippen LogP contribution in [0, 0.1) is 12.8 Å². The van der Waals surface area contributed by atoms with E-state index >= 15 is 0 Å². The van der Waals surface area contributed by atoms with Crippen LogP contribution in [0.25, 0.3) is 5.69 Å². The van der Waals surface area contributed by atoms with Gasteiger partial charge in [0, 0.05) is 6.04 Å². The van der Waals surface area contributed by atoms with Crippen LogP contribution < -0.4 is 10.6 Å². The SMILES string of the molecule is Cc1ccc(-n2cc(C(=O)NC3CCNCC3C)nn2)cc1.Cl. The maximum atomic E-state index is 12.3. The number of rotatable bonds is 3. The first kappa shape index (κ1) is 17.4. The van der Waals surface area contributed by atoms with E-state index in [-0.39, 0.29) is 24.4 Å². The van der Waals surface area contributed by atoms with Gasteiger partial charge in [-0.1, -0.05) is 29.8 Å². The number of carbonyl (C=O) groups excluding carboxylic acids is 1. The van der Waals surface area contributed by atoms with Gasteiger partial charge in [-0.2, -0.15) is 0 Å². The van der Waals surface area contributed by atoms with Gasteiger partial charge in [-0.3, -0.25) is 4.79 Å². The Morgan fingerprint density at radius 2 is 2.09 bits per heavy atom. The van der Waals surface area contributed by atoms with Crippen LogP contribution in [0.15, 0.2) is 30.5 Å². The van der Waals surface area contributed by atoms with Crippen molar-refractivity contribution >= 4 is 18.3 Å². The summed E-state index contributed by atoms with van der Waals surface area (Å²) in [6.45, 7) is 6.04.